The van der Waals surface area contributed by atoms with Crippen LogP contribution < -0.4 is 4.72 Å². The van der Waals surface area contributed by atoms with Crippen molar-refractivity contribution in [1.29, 1.82) is 0 Å². The molecule has 2 aromatic rings. The number of nitrogens with zero attached hydrogens (tertiary/aromatic N) is 3. The van der Waals surface area contributed by atoms with E-state index in [9.17, 15) is 13.5 Å². The van der Waals surface area contributed by atoms with E-state index in [1.807, 2.05) is 6.92 Å². The molecule has 0 amide bonds. The van der Waals surface area contributed by atoms with Gasteiger partial charge in [-0.25, -0.2) is 13.1 Å². The fourth-order valence-electron chi connectivity index (χ4n) is 1.97. The minimum atomic E-state index is -3.73. The van der Waals surface area contributed by atoms with Crippen molar-refractivity contribution in [2.75, 3.05) is 0 Å². The molecule has 1 heterocycles. The van der Waals surface area contributed by atoms with E-state index in [1.165, 1.54) is 12.1 Å². The highest BCUT2D eigenvalue weighted by Crippen LogP contribution is 2.18. The maximum atomic E-state index is 12.3. The number of aliphatic hydroxyl groups excluding tert-OH is 1. The number of aliphatic hydroxyl groups is 1. The largest absolute Gasteiger partial charge is 0.392 e. The highest BCUT2D eigenvalue weighted by Gasteiger charge is 2.21. The predicted molar refractivity (Wildman–Crippen MR) is 74.7 cm³/mol. The number of tetrazole rings is 1. The minimum Gasteiger partial charge on any atom is -0.392 e. The Morgan fingerprint density at radius 2 is 2.14 bits per heavy atom. The molecule has 2 rings (SSSR count). The van der Waals surface area contributed by atoms with Crippen LogP contribution in [-0.4, -0.2) is 34.1 Å². The van der Waals surface area contributed by atoms with Crippen molar-refractivity contribution < 1.29 is 13.5 Å². The van der Waals surface area contributed by atoms with Crippen molar-refractivity contribution in [2.24, 2.45) is 0 Å². The molecule has 0 bridgehead atoms. The zero-order chi connectivity index (χ0) is 15.5. The maximum Gasteiger partial charge on any atom is 0.241 e. The number of hydrogen-bond donors (Lipinski definition) is 3. The first-order valence-corrected chi connectivity index (χ1v) is 7.94. The van der Waals surface area contributed by atoms with Crippen molar-refractivity contribution in [3.63, 3.8) is 0 Å². The third-order valence-corrected chi connectivity index (χ3v) is 4.66. The number of aromatic nitrogens is 4. The first-order chi connectivity index (χ1) is 9.97. The lowest BCUT2D eigenvalue weighted by atomic mass is 10.1. The van der Waals surface area contributed by atoms with Crippen LogP contribution in [0.4, 0.5) is 0 Å². The van der Waals surface area contributed by atoms with Crippen molar-refractivity contribution in [2.45, 2.75) is 37.8 Å². The van der Waals surface area contributed by atoms with Gasteiger partial charge in [0.2, 0.25) is 10.0 Å². The topological polar surface area (TPSA) is 121 Å². The van der Waals surface area contributed by atoms with Gasteiger partial charge in [0.25, 0.3) is 0 Å². The lowest BCUT2D eigenvalue weighted by Crippen LogP contribution is -2.27. The van der Waals surface area contributed by atoms with Crippen LogP contribution in [-0.2, 0) is 23.1 Å². The molecule has 3 N–H and O–H groups in total. The van der Waals surface area contributed by atoms with E-state index < -0.39 is 16.1 Å². The zero-order valence-electron chi connectivity index (χ0n) is 11.7. The molecular formula is C12H17N5O3S. The van der Waals surface area contributed by atoms with E-state index in [1.54, 1.807) is 13.0 Å². The van der Waals surface area contributed by atoms with E-state index in [0.29, 0.717) is 5.56 Å². The van der Waals surface area contributed by atoms with Gasteiger partial charge in [0.1, 0.15) is 0 Å². The summed E-state index contributed by atoms with van der Waals surface area (Å²) in [7, 11) is -3.73. The molecule has 1 aromatic heterocycles. The Hall–Kier alpha value is -1.84. The molecule has 0 aliphatic rings. The number of aromatic amines is 1. The molecule has 0 aliphatic heterocycles. The maximum absolute atomic E-state index is 12.3. The Balaban J connectivity index is 2.27. The number of hydrogen-bond acceptors (Lipinski definition) is 6. The Labute approximate surface area is 122 Å². The molecule has 1 aromatic carbocycles. The molecule has 21 heavy (non-hydrogen) atoms. The normalized spacial score (nSPS) is 13.3. The third kappa shape index (κ3) is 3.43. The first-order valence-electron chi connectivity index (χ1n) is 6.46. The van der Waals surface area contributed by atoms with Gasteiger partial charge in [-0.05, 0) is 36.6 Å². The second-order valence-corrected chi connectivity index (χ2v) is 6.27. The summed E-state index contributed by atoms with van der Waals surface area (Å²) < 4.78 is 27.1. The molecular weight excluding hydrogens is 294 g/mol. The standard InChI is InChI=1S/C12H17N5O3S/c1-3-9-4-5-11(6-10(9)7-18)21(19,20)15-8(2)12-13-16-17-14-12/h4-6,8,15,18H,3,7H2,1-2H3,(H,13,14,16,17). The Kier molecular flexibility index (Phi) is 4.66. The SMILES string of the molecule is CCc1ccc(S(=O)(=O)NC(C)c2nn[nH]n2)cc1CO. The summed E-state index contributed by atoms with van der Waals surface area (Å²) in [5.74, 6) is 0.256. The number of aryl methyl sites for hydroxylation is 1. The van der Waals surface area contributed by atoms with E-state index in [0.717, 1.165) is 12.0 Å². The van der Waals surface area contributed by atoms with Crippen LogP contribution in [0.2, 0.25) is 0 Å². The molecule has 0 fully saturated rings. The fraction of sp³-hybridized carbons (Fsp3) is 0.417. The van der Waals surface area contributed by atoms with Crippen LogP contribution in [0.25, 0.3) is 0 Å². The Morgan fingerprint density at radius 1 is 1.38 bits per heavy atom. The molecule has 1 unspecified atom stereocenters. The van der Waals surface area contributed by atoms with Gasteiger partial charge in [-0.2, -0.15) is 5.21 Å². The average Bonchev–Trinajstić information content (AvgIpc) is 3.00. The lowest BCUT2D eigenvalue weighted by molar-refractivity contribution is 0.280. The van der Waals surface area contributed by atoms with Gasteiger partial charge in [0, 0.05) is 0 Å². The highest BCUT2D eigenvalue weighted by molar-refractivity contribution is 7.89. The summed E-state index contributed by atoms with van der Waals surface area (Å²) in [5.41, 5.74) is 1.52. The van der Waals surface area contributed by atoms with Gasteiger partial charge in [-0.3, -0.25) is 0 Å². The van der Waals surface area contributed by atoms with Crippen LogP contribution in [0, 0.1) is 0 Å². The number of H-pyrrole nitrogens is 1. The molecule has 0 saturated carbocycles. The van der Waals surface area contributed by atoms with Crippen LogP contribution in [0.1, 0.15) is 36.8 Å². The first kappa shape index (κ1) is 15.5. The summed E-state index contributed by atoms with van der Waals surface area (Å²) in [6.45, 7) is 3.36. The van der Waals surface area contributed by atoms with Crippen LogP contribution >= 0.6 is 0 Å². The summed E-state index contributed by atoms with van der Waals surface area (Å²) in [5, 5.41) is 22.5. The zero-order valence-corrected chi connectivity index (χ0v) is 12.6. The van der Waals surface area contributed by atoms with E-state index in [-0.39, 0.29) is 17.3 Å². The second kappa shape index (κ2) is 6.29. The number of benzene rings is 1. The van der Waals surface area contributed by atoms with Crippen molar-refractivity contribution in [1.82, 2.24) is 25.3 Å². The molecule has 0 saturated heterocycles. The van der Waals surface area contributed by atoms with E-state index in [4.69, 9.17) is 0 Å². The monoisotopic (exact) mass is 311 g/mol. The quantitative estimate of drug-likeness (QED) is 0.705. The molecule has 0 aliphatic carbocycles. The van der Waals surface area contributed by atoms with Gasteiger partial charge >= 0.3 is 0 Å². The van der Waals surface area contributed by atoms with Gasteiger partial charge in [-0.15, -0.1) is 10.2 Å². The smallest absolute Gasteiger partial charge is 0.241 e. The molecule has 8 nitrogen and oxygen atoms in total. The Morgan fingerprint density at radius 3 is 2.71 bits per heavy atom. The molecule has 9 heteroatoms. The second-order valence-electron chi connectivity index (χ2n) is 4.56. The predicted octanol–water partition coefficient (Wildman–Crippen LogP) is 0.294. The minimum absolute atomic E-state index is 0.0964. The highest BCUT2D eigenvalue weighted by atomic mass is 32.2. The lowest BCUT2D eigenvalue weighted by Gasteiger charge is -2.13. The molecule has 0 radical (unpaired) electrons. The number of sulfonamides is 1. The molecule has 1 atom stereocenters. The molecule has 0 spiro atoms. The van der Waals surface area contributed by atoms with Gasteiger partial charge in [-0.1, -0.05) is 18.2 Å². The van der Waals surface area contributed by atoms with Gasteiger partial charge < -0.3 is 5.11 Å². The van der Waals surface area contributed by atoms with Crippen LogP contribution in [0.15, 0.2) is 23.1 Å². The van der Waals surface area contributed by atoms with Crippen LogP contribution in [0.5, 0.6) is 0 Å². The van der Waals surface area contributed by atoms with Crippen molar-refractivity contribution in [3.8, 4) is 0 Å². The number of rotatable bonds is 6. The van der Waals surface area contributed by atoms with Crippen molar-refractivity contribution >= 4 is 10.0 Å². The summed E-state index contributed by atoms with van der Waals surface area (Å²) in [4.78, 5) is 0.0964. The average molecular weight is 311 g/mol. The Bertz CT molecular complexity index is 700. The summed E-state index contributed by atoms with van der Waals surface area (Å²) >= 11 is 0. The van der Waals surface area contributed by atoms with E-state index in [2.05, 4.69) is 25.3 Å². The van der Waals surface area contributed by atoms with Gasteiger partial charge in [0.15, 0.2) is 5.82 Å². The van der Waals surface area contributed by atoms with Gasteiger partial charge in [0.05, 0.1) is 17.5 Å². The fourth-order valence-corrected chi connectivity index (χ4v) is 3.22. The third-order valence-electron chi connectivity index (χ3n) is 3.12. The number of nitrogens with one attached hydrogen (secondary N) is 2. The summed E-state index contributed by atoms with van der Waals surface area (Å²) in [6.07, 6.45) is 0.725. The van der Waals surface area contributed by atoms with E-state index >= 15 is 0 Å². The summed E-state index contributed by atoms with van der Waals surface area (Å²) in [6, 6.07) is 4.09. The molecule has 114 valence electrons. The van der Waals surface area contributed by atoms with Crippen LogP contribution in [0.3, 0.4) is 0 Å². The van der Waals surface area contributed by atoms with Crippen molar-refractivity contribution in [3.05, 3.63) is 35.2 Å².